The average Bonchev–Trinajstić information content (AvgIpc) is 2.82. The van der Waals surface area contributed by atoms with Gasteiger partial charge in [-0.15, -0.1) is 0 Å². The minimum atomic E-state index is -1.33. The Hall–Kier alpha value is -2.24. The van der Waals surface area contributed by atoms with E-state index in [2.05, 4.69) is 34.9 Å². The van der Waals surface area contributed by atoms with E-state index in [9.17, 15) is 24.0 Å². The summed E-state index contributed by atoms with van der Waals surface area (Å²) < 4.78 is 0. The van der Waals surface area contributed by atoms with Crippen molar-refractivity contribution in [2.24, 2.45) is 0 Å². The number of aliphatic hydroxyl groups excluding tert-OH is 1. The molecule has 3 amide bonds. The van der Waals surface area contributed by atoms with Gasteiger partial charge < -0.3 is 30.7 Å². The molecule has 186 valence electrons. The van der Waals surface area contributed by atoms with Gasteiger partial charge in [0.05, 0.1) is 6.54 Å². The van der Waals surface area contributed by atoms with Crippen LogP contribution in [0.25, 0.3) is 0 Å². The quantitative estimate of drug-likeness (QED) is 0.173. The Bertz CT molecular complexity index is 735. The Morgan fingerprint density at radius 1 is 1.09 bits per heavy atom. The molecule has 33 heavy (non-hydrogen) atoms. The van der Waals surface area contributed by atoms with Crippen molar-refractivity contribution in [2.75, 3.05) is 20.2 Å². The Kier molecular flexibility index (Phi) is 21.6. The number of amides is 3. The van der Waals surface area contributed by atoms with Crippen LogP contribution < -0.4 is 16.0 Å². The first kappa shape index (κ1) is 32.9. The van der Waals surface area contributed by atoms with E-state index in [1.54, 1.807) is 31.8 Å². The molecule has 1 aromatic rings. The van der Waals surface area contributed by atoms with Crippen molar-refractivity contribution in [2.45, 2.75) is 43.5 Å². The molecule has 11 nitrogen and oxygen atoms in total. The van der Waals surface area contributed by atoms with Gasteiger partial charge >= 0.3 is 127 Å². The molecule has 0 spiro atoms. The van der Waals surface area contributed by atoms with E-state index < -0.39 is 24.0 Å². The van der Waals surface area contributed by atoms with Crippen LogP contribution in [-0.2, 0) is 25.6 Å². The molecule has 1 aromatic carbocycles. The summed E-state index contributed by atoms with van der Waals surface area (Å²) in [6.07, 6.45) is 1.31. The number of urea groups is 1. The summed E-state index contributed by atoms with van der Waals surface area (Å²) in [5, 5.41) is 31.0. The molecule has 0 aromatic heterocycles. The monoisotopic (exact) mass is 682 g/mol. The number of aliphatic carboxylic acids is 2. The van der Waals surface area contributed by atoms with Gasteiger partial charge in [0.2, 0.25) is 0 Å². The van der Waals surface area contributed by atoms with Gasteiger partial charge in [0.1, 0.15) is 12.3 Å². The first-order chi connectivity index (χ1) is 15.7. The Labute approximate surface area is 210 Å². The summed E-state index contributed by atoms with van der Waals surface area (Å²) in [6.45, 7) is 2.36. The maximum absolute atomic E-state index is 11.0. The van der Waals surface area contributed by atoms with Crippen LogP contribution in [0.4, 0.5) is 4.79 Å². The van der Waals surface area contributed by atoms with E-state index in [-0.39, 0.29) is 25.3 Å². The van der Waals surface area contributed by atoms with Gasteiger partial charge in [-0.2, -0.15) is 0 Å². The second kappa shape index (κ2) is 21.6. The molecule has 0 radical (unpaired) electrons. The summed E-state index contributed by atoms with van der Waals surface area (Å²) in [4.78, 5) is 54.0. The van der Waals surface area contributed by atoms with Crippen LogP contribution in [0.15, 0.2) is 29.2 Å². The number of aldehydes is 1. The smallest absolute Gasteiger partial charge is 0.326 e. The third-order valence-corrected chi connectivity index (χ3v) is 6.19. The van der Waals surface area contributed by atoms with Crippen molar-refractivity contribution in [3.8, 4) is 0 Å². The molecule has 0 aliphatic carbocycles. The fourth-order valence-corrected chi connectivity index (χ4v) is 3.49. The van der Waals surface area contributed by atoms with Crippen molar-refractivity contribution in [3.05, 3.63) is 29.8 Å². The number of carboxylic acid groups (broad SMARTS) is 2. The summed E-state index contributed by atoms with van der Waals surface area (Å²) in [5.41, 5.74) is 1.27. The number of hydrogen-bond acceptors (Lipinski definition) is 7. The molecular formula is C20H30AtN3O8S. The molecule has 0 saturated heterocycles. The largest absolute Gasteiger partial charge is 0.481 e. The molecule has 0 aliphatic heterocycles. The van der Waals surface area contributed by atoms with E-state index in [1.807, 2.05) is 12.2 Å². The number of aliphatic hydroxyl groups is 1. The minimum absolute atomic E-state index is 0.123. The van der Waals surface area contributed by atoms with E-state index in [0.29, 0.717) is 12.7 Å². The van der Waals surface area contributed by atoms with Crippen molar-refractivity contribution < 1.29 is 62.5 Å². The second-order valence-corrected chi connectivity index (χ2v) is 8.44. The molecule has 6 N–H and O–H groups in total. The second-order valence-electron chi connectivity index (χ2n) is 6.02. The fourth-order valence-electron chi connectivity index (χ4n) is 2.05. The number of benzene rings is 1. The number of carbonyl (C=O) groups is 5. The van der Waals surface area contributed by atoms with Crippen LogP contribution in [0.3, 0.4) is 0 Å². The molecule has 0 saturated carbocycles. The SMILES string of the molecule is CCC(=O)NCCc1ccc(S[At])cc1.CO.O=CCNC(=O)NC(CCC(=O)O)C(=O)O. The number of rotatable bonds is 12. The fraction of sp³-hybridized carbons (Fsp3) is 0.450. The van der Waals surface area contributed by atoms with Gasteiger partial charge in [0.25, 0.3) is 0 Å². The summed E-state index contributed by atoms with van der Waals surface area (Å²) in [5.74, 6) is -2.36. The van der Waals surface area contributed by atoms with Gasteiger partial charge in [-0.1, -0.05) is 0 Å². The number of nitrogens with one attached hydrogen (secondary N) is 3. The summed E-state index contributed by atoms with van der Waals surface area (Å²) in [7, 11) is 2.80. The standard InChI is InChI=1S/C11H14AtNOS.C8H12N2O6.CH4O/c1-2-11(14)13-8-7-9-3-5-10(15-12)6-4-9;11-4-3-9-8(16)10-5(7(14)15)1-2-6(12)13;1-2/h3-6H,2,7-8H2,1H3,(H,13,14);4-5H,1-3H2,(H,12,13)(H,14,15)(H2,9,10,16);2H,1H3. The zero-order valence-electron chi connectivity index (χ0n) is 18.4. The van der Waals surface area contributed by atoms with Gasteiger partial charge in [-0.25, -0.2) is 9.59 Å². The van der Waals surface area contributed by atoms with Crippen LogP contribution >= 0.6 is 8.52 Å². The minimum Gasteiger partial charge on any atom is -0.481 e. The molecule has 0 aliphatic rings. The van der Waals surface area contributed by atoms with Crippen molar-refractivity contribution in [1.82, 2.24) is 16.0 Å². The molecule has 1 atom stereocenters. The van der Waals surface area contributed by atoms with Crippen LogP contribution in [-0.4, -0.2) is 71.7 Å². The number of hydrogen-bond donors (Lipinski definition) is 6. The molecular weight excluding hydrogens is 652 g/mol. The maximum atomic E-state index is 11.0. The van der Waals surface area contributed by atoms with Crippen molar-refractivity contribution >= 4 is 38.7 Å². The molecule has 13 heteroatoms. The average molecular weight is 683 g/mol. The van der Waals surface area contributed by atoms with Crippen LogP contribution in [0.1, 0.15) is 31.7 Å². The van der Waals surface area contributed by atoms with Gasteiger partial charge in [-0.3, -0.25) is 4.79 Å². The first-order valence-electron chi connectivity index (χ1n) is 9.75. The van der Waals surface area contributed by atoms with E-state index in [4.69, 9.17) is 15.3 Å². The van der Waals surface area contributed by atoms with Gasteiger partial charge in [0, 0.05) is 13.5 Å². The van der Waals surface area contributed by atoms with Crippen molar-refractivity contribution in [3.63, 3.8) is 0 Å². The molecule has 0 heterocycles. The van der Waals surface area contributed by atoms with E-state index >= 15 is 0 Å². The number of carboxylic acids is 2. The molecule has 0 bridgehead atoms. The molecule has 1 unspecified atom stereocenters. The zero-order chi connectivity index (χ0) is 25.6. The Balaban J connectivity index is 0. The van der Waals surface area contributed by atoms with E-state index in [1.165, 1.54) is 10.5 Å². The van der Waals surface area contributed by atoms with Gasteiger partial charge in [0.15, 0.2) is 0 Å². The van der Waals surface area contributed by atoms with Crippen LogP contribution in [0.2, 0.25) is 0 Å². The molecule has 1 rings (SSSR count). The van der Waals surface area contributed by atoms with E-state index in [0.717, 1.165) is 20.1 Å². The van der Waals surface area contributed by atoms with Crippen LogP contribution in [0, 0.1) is 23.3 Å². The van der Waals surface area contributed by atoms with Gasteiger partial charge in [-0.05, 0) is 6.42 Å². The predicted molar refractivity (Wildman–Crippen MR) is 118 cm³/mol. The number of carbonyl (C=O) groups excluding carboxylic acids is 3. The first-order valence-corrected chi connectivity index (χ1v) is 14.1. The third kappa shape index (κ3) is 19.0. The zero-order valence-corrected chi connectivity index (χ0v) is 22.1. The normalized spacial score (nSPS) is 10.2. The Morgan fingerprint density at radius 3 is 2.15 bits per heavy atom. The topological polar surface area (TPSA) is 182 Å². The third-order valence-electron chi connectivity index (χ3n) is 3.67. The molecule has 0 fully saturated rings. The van der Waals surface area contributed by atoms with Crippen molar-refractivity contribution in [1.29, 1.82) is 0 Å². The summed E-state index contributed by atoms with van der Waals surface area (Å²) >= 11 is 1.69. The van der Waals surface area contributed by atoms with Crippen LogP contribution in [0.5, 0.6) is 0 Å². The maximum Gasteiger partial charge on any atom is 0.326 e. The predicted octanol–water partition coefficient (Wildman–Crippen LogP) is 0.723. The Morgan fingerprint density at radius 2 is 1.70 bits per heavy atom. The summed E-state index contributed by atoms with van der Waals surface area (Å²) in [6, 6.07) is 6.38.